The van der Waals surface area contributed by atoms with Crippen LogP contribution >= 0.6 is 0 Å². The number of nitrogens with zero attached hydrogens (tertiary/aromatic N) is 2. The second kappa shape index (κ2) is 10.3. The van der Waals surface area contributed by atoms with Crippen LogP contribution in [0.3, 0.4) is 0 Å². The van der Waals surface area contributed by atoms with E-state index in [2.05, 4.69) is 33.9 Å². The lowest BCUT2D eigenvalue weighted by Crippen LogP contribution is -3.00. The molecule has 5 nitrogen and oxygen atoms in total. The third-order valence-electron chi connectivity index (χ3n) is 4.53. The van der Waals surface area contributed by atoms with Crippen molar-refractivity contribution in [3.05, 3.63) is 78.6 Å². The summed E-state index contributed by atoms with van der Waals surface area (Å²) in [4.78, 5) is 4.43. The van der Waals surface area contributed by atoms with Gasteiger partial charge in [0.2, 0.25) is 5.52 Å². The summed E-state index contributed by atoms with van der Waals surface area (Å²) < 4.78 is 7.28. The molecule has 0 saturated carbocycles. The highest BCUT2D eigenvalue weighted by Gasteiger charge is 2.21. The summed E-state index contributed by atoms with van der Waals surface area (Å²) in [6.07, 6.45) is 3.87. The van der Waals surface area contributed by atoms with Crippen LogP contribution in [-0.2, 0) is 11.2 Å². The molecular weight excluding hydrogens is 419 g/mol. The van der Waals surface area contributed by atoms with Crippen LogP contribution in [0.2, 0.25) is 0 Å². The molecule has 2 aromatic carbocycles. The van der Waals surface area contributed by atoms with E-state index in [0.717, 1.165) is 39.9 Å². The first-order valence-corrected chi connectivity index (χ1v) is 8.67. The molecule has 0 aliphatic rings. The van der Waals surface area contributed by atoms with Gasteiger partial charge in [0.1, 0.15) is 0 Å². The number of benzene rings is 2. The third kappa shape index (κ3) is 4.39. The fraction of sp³-hybridized carbons (Fsp3) is 0.143. The fourth-order valence-corrected chi connectivity index (χ4v) is 3.28. The van der Waals surface area contributed by atoms with Crippen LogP contribution < -0.4 is 27.0 Å². The van der Waals surface area contributed by atoms with Gasteiger partial charge in [-0.15, -0.1) is 0 Å². The Morgan fingerprint density at radius 1 is 0.964 bits per heavy atom. The molecule has 144 valence electrons. The zero-order chi connectivity index (χ0) is 19.2. The van der Waals surface area contributed by atoms with E-state index in [0.29, 0.717) is 6.54 Å². The van der Waals surface area contributed by atoms with E-state index < -0.39 is 7.12 Å². The van der Waals surface area contributed by atoms with Crippen molar-refractivity contribution >= 4 is 34.4 Å². The van der Waals surface area contributed by atoms with Crippen LogP contribution in [0, 0.1) is 0 Å². The Hall–Kier alpha value is -2.32. The molecule has 2 N–H and O–H groups in total. The molecule has 4 aromatic rings. The third-order valence-corrected chi connectivity index (χ3v) is 4.53. The quantitative estimate of drug-likeness (QED) is 0.234. The van der Waals surface area contributed by atoms with Gasteiger partial charge in [0.15, 0.2) is 12.7 Å². The minimum absolute atomic E-state index is 0. The van der Waals surface area contributed by atoms with E-state index in [1.54, 1.807) is 0 Å². The predicted molar refractivity (Wildman–Crippen MR) is 108 cm³/mol. The standard InChI is InChI=1S/C20H18BN2O2.CH4O.BrH/c1-25-21(24)18-9-3-2-6-15(18)14-23-13-5-8-17-16-7-4-12-22-19(16)10-11-20(17)23;1-2;/h2-13,24H,14H2,1H3;2H,1H3;1H/q+1;;/p-1. The molecule has 0 spiro atoms. The number of halogens is 1. The van der Waals surface area contributed by atoms with Gasteiger partial charge in [-0.05, 0) is 23.7 Å². The molecule has 7 heteroatoms. The minimum Gasteiger partial charge on any atom is -1.00 e. The average Bonchev–Trinajstić information content (AvgIpc) is 2.75. The van der Waals surface area contributed by atoms with Crippen molar-refractivity contribution < 1.29 is 36.3 Å². The average molecular weight is 441 g/mol. The summed E-state index contributed by atoms with van der Waals surface area (Å²) in [7, 11) is 1.59. The molecule has 0 bridgehead atoms. The van der Waals surface area contributed by atoms with Crippen molar-refractivity contribution in [1.29, 1.82) is 0 Å². The zero-order valence-electron chi connectivity index (χ0n) is 15.8. The van der Waals surface area contributed by atoms with Gasteiger partial charge in [-0.25, -0.2) is 0 Å². The molecule has 0 aliphatic heterocycles. The summed E-state index contributed by atoms with van der Waals surface area (Å²) in [5, 5.41) is 19.4. The Bertz CT molecular complexity index is 1060. The first-order valence-electron chi connectivity index (χ1n) is 8.67. The van der Waals surface area contributed by atoms with Crippen molar-refractivity contribution in [2.24, 2.45) is 0 Å². The Kier molecular flexibility index (Phi) is 8.08. The number of rotatable bonds is 4. The van der Waals surface area contributed by atoms with Gasteiger partial charge < -0.3 is 31.8 Å². The predicted octanol–water partition coefficient (Wildman–Crippen LogP) is -1.33. The van der Waals surface area contributed by atoms with Gasteiger partial charge in [0.05, 0.1) is 10.9 Å². The van der Waals surface area contributed by atoms with Gasteiger partial charge in [0, 0.05) is 43.5 Å². The van der Waals surface area contributed by atoms with E-state index in [1.807, 2.05) is 48.7 Å². The lowest BCUT2D eigenvalue weighted by Gasteiger charge is -2.10. The van der Waals surface area contributed by atoms with Gasteiger partial charge in [0.25, 0.3) is 0 Å². The minimum atomic E-state index is -0.920. The Balaban J connectivity index is 0.000000906. The number of hydrogen-bond donors (Lipinski definition) is 2. The molecule has 0 radical (unpaired) electrons. The van der Waals surface area contributed by atoms with Gasteiger partial charge in [-0.1, -0.05) is 30.3 Å². The van der Waals surface area contributed by atoms with E-state index in [-0.39, 0.29) is 17.0 Å². The van der Waals surface area contributed by atoms with Crippen molar-refractivity contribution in [2.75, 3.05) is 14.2 Å². The Labute approximate surface area is 175 Å². The second-order valence-corrected chi connectivity index (χ2v) is 5.99. The van der Waals surface area contributed by atoms with Crippen molar-refractivity contribution in [1.82, 2.24) is 4.98 Å². The van der Waals surface area contributed by atoms with E-state index in [1.165, 1.54) is 7.11 Å². The number of hydrogen-bond acceptors (Lipinski definition) is 4. The SMILES string of the molecule is CO.COB(O)c1ccccc1C[n+]1cccc2c3cccnc3ccc21.[Br-]. The van der Waals surface area contributed by atoms with Crippen LogP contribution in [0.4, 0.5) is 0 Å². The van der Waals surface area contributed by atoms with Gasteiger partial charge in [-0.2, -0.15) is 4.57 Å². The second-order valence-electron chi connectivity index (χ2n) is 5.99. The van der Waals surface area contributed by atoms with Crippen LogP contribution in [0.5, 0.6) is 0 Å². The molecule has 0 saturated heterocycles. The number of fused-ring (bicyclic) bond motifs is 3. The first-order chi connectivity index (χ1) is 13.3. The smallest absolute Gasteiger partial charge is 0.491 e. The number of aliphatic hydroxyl groups excluding tert-OH is 1. The van der Waals surface area contributed by atoms with Gasteiger partial charge in [-0.3, -0.25) is 4.98 Å². The highest BCUT2D eigenvalue weighted by Crippen LogP contribution is 2.21. The summed E-state index contributed by atoms with van der Waals surface area (Å²) in [5.74, 6) is 0. The molecule has 0 aliphatic carbocycles. The fourth-order valence-electron chi connectivity index (χ4n) is 3.28. The molecule has 2 aromatic heterocycles. The molecule has 2 heterocycles. The summed E-state index contributed by atoms with van der Waals surface area (Å²) in [5.41, 5.74) is 3.94. The highest BCUT2D eigenvalue weighted by molar-refractivity contribution is 6.60. The topological polar surface area (TPSA) is 66.5 Å². The van der Waals surface area contributed by atoms with Crippen LogP contribution in [0.15, 0.2) is 73.1 Å². The summed E-state index contributed by atoms with van der Waals surface area (Å²) in [6, 6.07) is 20.2. The summed E-state index contributed by atoms with van der Waals surface area (Å²) in [6.45, 7) is 0.652. The summed E-state index contributed by atoms with van der Waals surface area (Å²) >= 11 is 0. The normalized spacial score (nSPS) is 10.1. The number of aliphatic hydroxyl groups is 1. The molecule has 0 unspecified atom stereocenters. The highest BCUT2D eigenvalue weighted by atomic mass is 79.9. The first kappa shape index (κ1) is 22.0. The molecule has 0 fully saturated rings. The Morgan fingerprint density at radius 2 is 1.71 bits per heavy atom. The van der Waals surface area contributed by atoms with Gasteiger partial charge >= 0.3 is 7.12 Å². The monoisotopic (exact) mass is 440 g/mol. The molecular formula is C21H22BBrN2O3. The zero-order valence-corrected chi connectivity index (χ0v) is 17.4. The number of aromatic nitrogens is 2. The molecule has 4 rings (SSSR count). The van der Waals surface area contributed by atoms with Crippen molar-refractivity contribution in [3.8, 4) is 0 Å². The molecule has 0 atom stereocenters. The maximum atomic E-state index is 10.1. The largest absolute Gasteiger partial charge is 1.00 e. The maximum absolute atomic E-state index is 10.1. The lowest BCUT2D eigenvalue weighted by atomic mass is 9.76. The van der Waals surface area contributed by atoms with Crippen molar-refractivity contribution in [2.45, 2.75) is 6.54 Å². The van der Waals surface area contributed by atoms with E-state index in [9.17, 15) is 5.02 Å². The maximum Gasteiger partial charge on any atom is 0.491 e. The Morgan fingerprint density at radius 3 is 2.50 bits per heavy atom. The van der Waals surface area contributed by atoms with Crippen LogP contribution in [0.25, 0.3) is 21.8 Å². The molecule has 28 heavy (non-hydrogen) atoms. The van der Waals surface area contributed by atoms with Crippen LogP contribution in [0.1, 0.15) is 5.56 Å². The molecule has 0 amide bonds. The number of pyridine rings is 2. The lowest BCUT2D eigenvalue weighted by molar-refractivity contribution is -0.662. The van der Waals surface area contributed by atoms with E-state index in [4.69, 9.17) is 9.76 Å². The van der Waals surface area contributed by atoms with E-state index >= 15 is 0 Å². The van der Waals surface area contributed by atoms with Crippen LogP contribution in [-0.4, -0.2) is 36.5 Å². The van der Waals surface area contributed by atoms with Crippen molar-refractivity contribution in [3.63, 3.8) is 0 Å².